The molecule has 2 aromatic rings. The molecule has 2 nitrogen and oxygen atoms in total. The van der Waals surface area contributed by atoms with Crippen molar-refractivity contribution in [3.8, 4) is 0 Å². The van der Waals surface area contributed by atoms with Gasteiger partial charge in [0.25, 0.3) is 0 Å². The molecule has 0 amide bonds. The number of anilines is 1. The fraction of sp³-hybridized carbons (Fsp3) is 0.360. The zero-order valence-corrected chi connectivity index (χ0v) is 19.1. The quantitative estimate of drug-likeness (QED) is 0.314. The van der Waals surface area contributed by atoms with Crippen molar-refractivity contribution in [2.24, 2.45) is 0 Å². The van der Waals surface area contributed by atoms with E-state index in [0.717, 1.165) is 6.08 Å². The van der Waals surface area contributed by atoms with Crippen molar-refractivity contribution >= 4 is 11.4 Å². The molecule has 0 fully saturated rings. The van der Waals surface area contributed by atoms with Crippen molar-refractivity contribution in [2.45, 2.75) is 53.8 Å². The van der Waals surface area contributed by atoms with Gasteiger partial charge in [-0.15, -0.1) is 0 Å². The molecule has 0 atom stereocenters. The second-order valence-corrected chi connectivity index (χ2v) is 6.76. The van der Waals surface area contributed by atoms with Gasteiger partial charge in [0, 0.05) is 30.0 Å². The number of rotatable bonds is 8. The highest BCUT2D eigenvalue weighted by atomic mass is 19.4. The van der Waals surface area contributed by atoms with E-state index in [1.807, 2.05) is 13.8 Å². The molecular formula is C25H31F5N2. The lowest BCUT2D eigenvalue weighted by atomic mass is 10.0. The van der Waals surface area contributed by atoms with Gasteiger partial charge in [-0.2, -0.15) is 13.2 Å². The first kappa shape index (κ1) is 27.2. The molecule has 0 radical (unpaired) electrons. The van der Waals surface area contributed by atoms with Crippen molar-refractivity contribution < 1.29 is 22.0 Å². The van der Waals surface area contributed by atoms with E-state index >= 15 is 0 Å². The van der Waals surface area contributed by atoms with E-state index in [4.69, 9.17) is 0 Å². The second-order valence-electron chi connectivity index (χ2n) is 6.76. The van der Waals surface area contributed by atoms with Crippen LogP contribution in [0.5, 0.6) is 0 Å². The molecular weight excluding hydrogens is 423 g/mol. The van der Waals surface area contributed by atoms with Crippen LogP contribution in [0, 0.1) is 11.6 Å². The van der Waals surface area contributed by atoms with Gasteiger partial charge in [-0.3, -0.25) is 0 Å². The Balaban J connectivity index is 0.00000249. The van der Waals surface area contributed by atoms with Crippen LogP contribution < -0.4 is 10.6 Å². The first-order chi connectivity index (χ1) is 15.2. The number of allylic oxidation sites excluding steroid dienone is 3. The molecule has 0 spiro atoms. The molecule has 0 aliphatic carbocycles. The largest absolute Gasteiger partial charge is 0.416 e. The topological polar surface area (TPSA) is 24.1 Å². The number of nitrogens with one attached hydrogen (secondary N) is 2. The second kappa shape index (κ2) is 12.9. The highest BCUT2D eigenvalue weighted by Crippen LogP contribution is 2.32. The number of hydrogen-bond donors (Lipinski definition) is 2. The summed E-state index contributed by atoms with van der Waals surface area (Å²) in [6.45, 7) is 9.36. The van der Waals surface area contributed by atoms with Crippen LogP contribution in [0.4, 0.5) is 27.6 Å². The molecule has 32 heavy (non-hydrogen) atoms. The maximum atomic E-state index is 13.7. The Morgan fingerprint density at radius 2 is 1.50 bits per heavy atom. The van der Waals surface area contributed by atoms with Crippen molar-refractivity contribution in [2.75, 3.05) is 11.9 Å². The predicted octanol–water partition coefficient (Wildman–Crippen LogP) is 7.84. The Morgan fingerprint density at radius 3 is 1.97 bits per heavy atom. The molecule has 2 rings (SSSR count). The van der Waals surface area contributed by atoms with E-state index in [-0.39, 0.29) is 17.7 Å². The summed E-state index contributed by atoms with van der Waals surface area (Å²) in [6, 6.07) is 10.3. The summed E-state index contributed by atoms with van der Waals surface area (Å²) in [5.41, 5.74) is 1.02. The molecule has 7 heteroatoms. The Morgan fingerprint density at radius 1 is 0.938 bits per heavy atom. The van der Waals surface area contributed by atoms with E-state index in [9.17, 15) is 22.0 Å². The first-order valence-corrected chi connectivity index (χ1v) is 10.7. The standard InChI is InChI=1S/C23H25F5N2.C2H6/c1-4-15(3)19(23(26,27)28)13-22(29-5-2)16-9-11-17(12-10-16)30-14-18-20(24)7-6-8-21(18)25;1-2/h6-13,29-30H,4-5,14H2,1-3H3;1-2H3/b19-15?,22-13-;. The fourth-order valence-electron chi connectivity index (χ4n) is 2.87. The summed E-state index contributed by atoms with van der Waals surface area (Å²) in [5.74, 6) is -1.29. The molecule has 0 saturated heterocycles. The third kappa shape index (κ3) is 7.70. The van der Waals surface area contributed by atoms with E-state index < -0.39 is 23.4 Å². The minimum Gasteiger partial charge on any atom is -0.385 e. The first-order valence-electron chi connectivity index (χ1n) is 10.7. The van der Waals surface area contributed by atoms with Gasteiger partial charge in [0.1, 0.15) is 11.6 Å². The normalized spacial score (nSPS) is 12.5. The Kier molecular flexibility index (Phi) is 11.0. The van der Waals surface area contributed by atoms with Crippen LogP contribution in [-0.2, 0) is 6.54 Å². The number of hydrogen-bond acceptors (Lipinski definition) is 2. The zero-order valence-electron chi connectivity index (χ0n) is 19.1. The van der Waals surface area contributed by atoms with Gasteiger partial charge < -0.3 is 10.6 Å². The van der Waals surface area contributed by atoms with Crippen molar-refractivity contribution in [1.82, 2.24) is 5.32 Å². The third-order valence-electron chi connectivity index (χ3n) is 4.68. The van der Waals surface area contributed by atoms with Crippen LogP contribution in [0.25, 0.3) is 5.70 Å². The monoisotopic (exact) mass is 454 g/mol. The summed E-state index contributed by atoms with van der Waals surface area (Å²) in [7, 11) is 0. The molecule has 0 unspecified atom stereocenters. The van der Waals surface area contributed by atoms with E-state index in [1.165, 1.54) is 25.1 Å². The van der Waals surface area contributed by atoms with E-state index in [1.54, 1.807) is 38.1 Å². The highest BCUT2D eigenvalue weighted by molar-refractivity contribution is 5.69. The lowest BCUT2D eigenvalue weighted by molar-refractivity contribution is -0.0890. The van der Waals surface area contributed by atoms with E-state index in [2.05, 4.69) is 10.6 Å². The maximum absolute atomic E-state index is 13.7. The van der Waals surface area contributed by atoms with Crippen LogP contribution in [0.2, 0.25) is 0 Å². The summed E-state index contributed by atoms with van der Waals surface area (Å²) in [6.07, 6.45) is -3.04. The predicted molar refractivity (Wildman–Crippen MR) is 122 cm³/mol. The molecule has 2 N–H and O–H groups in total. The van der Waals surface area contributed by atoms with Gasteiger partial charge in [-0.05, 0) is 56.2 Å². The average Bonchev–Trinajstić information content (AvgIpc) is 2.77. The average molecular weight is 455 g/mol. The fourth-order valence-corrected chi connectivity index (χ4v) is 2.87. The van der Waals surface area contributed by atoms with Gasteiger partial charge in [0.05, 0.1) is 5.57 Å². The van der Waals surface area contributed by atoms with Gasteiger partial charge in [-0.25, -0.2) is 8.78 Å². The molecule has 0 saturated carbocycles. The third-order valence-corrected chi connectivity index (χ3v) is 4.68. The molecule has 0 bridgehead atoms. The van der Waals surface area contributed by atoms with E-state index in [0.29, 0.717) is 29.9 Å². The van der Waals surface area contributed by atoms with Gasteiger partial charge >= 0.3 is 6.18 Å². The molecule has 0 aromatic heterocycles. The van der Waals surface area contributed by atoms with Crippen molar-refractivity contribution in [3.63, 3.8) is 0 Å². The Hall–Kier alpha value is -2.83. The molecule has 0 heterocycles. The van der Waals surface area contributed by atoms with Gasteiger partial charge in [0.15, 0.2) is 0 Å². The van der Waals surface area contributed by atoms with Gasteiger partial charge in [0.2, 0.25) is 0 Å². The SMILES string of the molecule is CC.CCN/C(=C\C(=C(C)CC)C(F)(F)F)c1ccc(NCc2c(F)cccc2F)cc1. The van der Waals surface area contributed by atoms with Crippen LogP contribution >= 0.6 is 0 Å². The number of alkyl halides is 3. The Labute approximate surface area is 187 Å². The lowest BCUT2D eigenvalue weighted by Gasteiger charge is -2.16. The van der Waals surface area contributed by atoms with Crippen molar-refractivity contribution in [3.05, 3.63) is 82.4 Å². The molecule has 2 aromatic carbocycles. The highest BCUT2D eigenvalue weighted by Gasteiger charge is 2.33. The number of halogens is 5. The zero-order chi connectivity index (χ0) is 24.3. The van der Waals surface area contributed by atoms with Crippen LogP contribution in [0.1, 0.15) is 52.2 Å². The van der Waals surface area contributed by atoms with Crippen LogP contribution in [0.15, 0.2) is 59.7 Å². The summed E-state index contributed by atoms with van der Waals surface area (Å²) < 4.78 is 67.8. The lowest BCUT2D eigenvalue weighted by Crippen LogP contribution is -2.16. The molecule has 0 aliphatic heterocycles. The smallest absolute Gasteiger partial charge is 0.385 e. The maximum Gasteiger partial charge on any atom is 0.416 e. The summed E-state index contributed by atoms with van der Waals surface area (Å²) >= 11 is 0. The minimum atomic E-state index is -4.45. The van der Waals surface area contributed by atoms with Crippen LogP contribution in [0.3, 0.4) is 0 Å². The molecule has 176 valence electrons. The number of benzene rings is 2. The van der Waals surface area contributed by atoms with Crippen molar-refractivity contribution in [1.29, 1.82) is 0 Å². The summed E-state index contributed by atoms with van der Waals surface area (Å²) in [4.78, 5) is 0. The summed E-state index contributed by atoms with van der Waals surface area (Å²) in [5, 5.41) is 5.90. The Bertz CT molecular complexity index is 893. The van der Waals surface area contributed by atoms with Gasteiger partial charge in [-0.1, -0.05) is 44.5 Å². The minimum absolute atomic E-state index is 0.0512. The van der Waals surface area contributed by atoms with Crippen LogP contribution in [-0.4, -0.2) is 12.7 Å². The molecule has 0 aliphatic rings.